The van der Waals surface area contributed by atoms with Crippen molar-refractivity contribution in [2.24, 2.45) is 0 Å². The van der Waals surface area contributed by atoms with E-state index < -0.39 is 0 Å². The number of nitrogens with zero attached hydrogens (tertiary/aromatic N) is 1. The molecule has 0 bridgehead atoms. The lowest BCUT2D eigenvalue weighted by Gasteiger charge is -2.07. The van der Waals surface area contributed by atoms with E-state index in [2.05, 4.69) is 15.6 Å². The van der Waals surface area contributed by atoms with Gasteiger partial charge >= 0.3 is 6.03 Å². The number of rotatable bonds is 4. The van der Waals surface area contributed by atoms with Crippen LogP contribution in [-0.4, -0.2) is 11.0 Å². The van der Waals surface area contributed by atoms with E-state index in [9.17, 15) is 9.18 Å². The van der Waals surface area contributed by atoms with E-state index in [0.717, 1.165) is 11.1 Å². The summed E-state index contributed by atoms with van der Waals surface area (Å²) in [7, 11) is 0. The fourth-order valence-corrected chi connectivity index (χ4v) is 1.65. The van der Waals surface area contributed by atoms with E-state index in [4.69, 9.17) is 11.6 Å². The summed E-state index contributed by atoms with van der Waals surface area (Å²) in [6.07, 6.45) is 1.60. The Hall–Kier alpha value is -2.14. The molecule has 0 aliphatic heterocycles. The number of benzene rings is 1. The largest absolute Gasteiger partial charge is 0.334 e. The van der Waals surface area contributed by atoms with E-state index in [0.29, 0.717) is 18.2 Å². The van der Waals surface area contributed by atoms with Crippen LogP contribution >= 0.6 is 11.6 Å². The molecule has 1 heterocycles. The molecule has 0 aliphatic rings. The number of carbonyl (C=O) groups excluding carboxylic acids is 1. The summed E-state index contributed by atoms with van der Waals surface area (Å²) in [6.45, 7) is 0.699. The van der Waals surface area contributed by atoms with Crippen LogP contribution in [0.15, 0.2) is 42.6 Å². The average molecular weight is 294 g/mol. The molecular weight excluding hydrogens is 281 g/mol. The highest BCUT2D eigenvalue weighted by molar-refractivity contribution is 6.29. The number of carbonyl (C=O) groups is 1. The van der Waals surface area contributed by atoms with Crippen LogP contribution in [-0.2, 0) is 13.1 Å². The van der Waals surface area contributed by atoms with Crippen LogP contribution in [0.25, 0.3) is 0 Å². The average Bonchev–Trinajstić information content (AvgIpc) is 2.46. The predicted molar refractivity (Wildman–Crippen MR) is 74.7 cm³/mol. The first-order chi connectivity index (χ1) is 9.63. The molecule has 0 radical (unpaired) electrons. The van der Waals surface area contributed by atoms with Gasteiger partial charge in [-0.1, -0.05) is 29.8 Å². The van der Waals surface area contributed by atoms with Crippen LogP contribution in [0, 0.1) is 5.82 Å². The number of nitrogens with one attached hydrogen (secondary N) is 2. The molecule has 20 heavy (non-hydrogen) atoms. The van der Waals surface area contributed by atoms with Crippen LogP contribution in [0.1, 0.15) is 11.1 Å². The lowest BCUT2D eigenvalue weighted by molar-refractivity contribution is 0.240. The van der Waals surface area contributed by atoms with Crippen LogP contribution in [0.4, 0.5) is 9.18 Å². The monoisotopic (exact) mass is 293 g/mol. The summed E-state index contributed by atoms with van der Waals surface area (Å²) < 4.78 is 12.7. The second-order valence-corrected chi connectivity index (χ2v) is 4.54. The molecule has 6 heteroatoms. The first-order valence-corrected chi connectivity index (χ1v) is 6.38. The van der Waals surface area contributed by atoms with Gasteiger partial charge in [0.05, 0.1) is 0 Å². The lowest BCUT2D eigenvalue weighted by atomic mass is 10.2. The van der Waals surface area contributed by atoms with Crippen molar-refractivity contribution < 1.29 is 9.18 Å². The number of hydrogen-bond donors (Lipinski definition) is 2. The van der Waals surface area contributed by atoms with E-state index in [-0.39, 0.29) is 11.8 Å². The highest BCUT2D eigenvalue weighted by atomic mass is 35.5. The third-order valence-electron chi connectivity index (χ3n) is 2.61. The fourth-order valence-electron chi connectivity index (χ4n) is 1.54. The van der Waals surface area contributed by atoms with Gasteiger partial charge < -0.3 is 10.6 Å². The van der Waals surface area contributed by atoms with Gasteiger partial charge in [-0.3, -0.25) is 0 Å². The van der Waals surface area contributed by atoms with Crippen molar-refractivity contribution in [3.63, 3.8) is 0 Å². The maximum Gasteiger partial charge on any atom is 0.315 e. The Balaban J connectivity index is 1.75. The minimum absolute atomic E-state index is 0.298. The van der Waals surface area contributed by atoms with Crippen LogP contribution in [0.5, 0.6) is 0 Å². The Morgan fingerprint density at radius 1 is 1.05 bits per heavy atom. The Morgan fingerprint density at radius 2 is 1.65 bits per heavy atom. The molecule has 0 fully saturated rings. The second-order valence-electron chi connectivity index (χ2n) is 4.15. The number of halogens is 2. The van der Waals surface area contributed by atoms with Crippen molar-refractivity contribution in [3.05, 3.63) is 64.7 Å². The summed E-state index contributed by atoms with van der Waals surface area (Å²) >= 11 is 5.67. The molecule has 2 aromatic rings. The Labute approximate surface area is 121 Å². The molecule has 1 aromatic heterocycles. The van der Waals surface area contributed by atoms with E-state index in [1.807, 2.05) is 0 Å². The SMILES string of the molecule is O=C(NCc1ccc(F)cc1)NCc1ccc(Cl)nc1. The van der Waals surface area contributed by atoms with E-state index >= 15 is 0 Å². The molecule has 104 valence electrons. The van der Waals surface area contributed by atoms with Crippen LogP contribution in [0.3, 0.4) is 0 Å². The van der Waals surface area contributed by atoms with Crippen molar-refractivity contribution in [1.29, 1.82) is 0 Å². The van der Waals surface area contributed by atoms with E-state index in [1.165, 1.54) is 12.1 Å². The zero-order valence-electron chi connectivity index (χ0n) is 10.6. The van der Waals surface area contributed by atoms with Crippen LogP contribution < -0.4 is 10.6 Å². The third-order valence-corrected chi connectivity index (χ3v) is 2.83. The molecule has 0 unspecified atom stereocenters. The first-order valence-electron chi connectivity index (χ1n) is 6.00. The van der Waals surface area contributed by atoms with Gasteiger partial charge in [0.25, 0.3) is 0 Å². The molecule has 0 saturated heterocycles. The zero-order chi connectivity index (χ0) is 14.4. The molecule has 0 spiro atoms. The van der Waals surface area contributed by atoms with Crippen molar-refractivity contribution in [3.8, 4) is 0 Å². The van der Waals surface area contributed by atoms with Crippen molar-refractivity contribution in [1.82, 2.24) is 15.6 Å². The van der Waals surface area contributed by atoms with Gasteiger partial charge in [0.1, 0.15) is 11.0 Å². The Bertz CT molecular complexity index is 520. The number of aromatic nitrogens is 1. The minimum atomic E-state index is -0.302. The Morgan fingerprint density at radius 3 is 2.25 bits per heavy atom. The molecule has 2 N–H and O–H groups in total. The zero-order valence-corrected chi connectivity index (χ0v) is 11.3. The topological polar surface area (TPSA) is 54.0 Å². The molecule has 2 rings (SSSR count). The summed E-state index contributed by atoms with van der Waals surface area (Å²) in [4.78, 5) is 15.5. The van der Waals surface area contributed by atoms with Gasteiger partial charge in [-0.15, -0.1) is 0 Å². The second kappa shape index (κ2) is 6.86. The minimum Gasteiger partial charge on any atom is -0.334 e. The third kappa shape index (κ3) is 4.51. The molecule has 2 amide bonds. The molecule has 0 atom stereocenters. The Kier molecular flexibility index (Phi) is 4.90. The normalized spacial score (nSPS) is 10.1. The number of urea groups is 1. The molecule has 0 saturated carbocycles. The number of pyridine rings is 1. The van der Waals surface area contributed by atoms with Crippen molar-refractivity contribution >= 4 is 17.6 Å². The highest BCUT2D eigenvalue weighted by Gasteiger charge is 2.01. The highest BCUT2D eigenvalue weighted by Crippen LogP contribution is 2.05. The summed E-state index contributed by atoms with van der Waals surface area (Å²) in [5.41, 5.74) is 1.68. The van der Waals surface area contributed by atoms with Gasteiger partial charge in [0.2, 0.25) is 0 Å². The van der Waals surface area contributed by atoms with E-state index in [1.54, 1.807) is 30.5 Å². The fraction of sp³-hybridized carbons (Fsp3) is 0.143. The van der Waals surface area contributed by atoms with Gasteiger partial charge in [-0.25, -0.2) is 14.2 Å². The predicted octanol–water partition coefficient (Wildman–Crippen LogP) is 2.87. The maximum absolute atomic E-state index is 12.7. The van der Waals surface area contributed by atoms with Gasteiger partial charge in [0.15, 0.2) is 0 Å². The molecule has 0 aliphatic carbocycles. The maximum atomic E-state index is 12.7. The van der Waals surface area contributed by atoms with Crippen molar-refractivity contribution in [2.75, 3.05) is 0 Å². The standard InChI is InChI=1S/C14H13ClFN3O/c15-13-6-3-11(8-17-13)9-19-14(20)18-7-10-1-4-12(16)5-2-10/h1-6,8H,7,9H2,(H2,18,19,20). The van der Waals surface area contributed by atoms with Gasteiger partial charge in [0, 0.05) is 19.3 Å². The molecule has 1 aromatic carbocycles. The molecule has 4 nitrogen and oxygen atoms in total. The van der Waals surface area contributed by atoms with Gasteiger partial charge in [-0.05, 0) is 29.3 Å². The molecular formula is C14H13ClFN3O. The lowest BCUT2D eigenvalue weighted by Crippen LogP contribution is -2.34. The van der Waals surface area contributed by atoms with Crippen molar-refractivity contribution in [2.45, 2.75) is 13.1 Å². The first kappa shape index (κ1) is 14.3. The summed E-state index contributed by atoms with van der Waals surface area (Å²) in [5.74, 6) is -0.298. The van der Waals surface area contributed by atoms with Gasteiger partial charge in [-0.2, -0.15) is 0 Å². The smallest absolute Gasteiger partial charge is 0.315 e. The number of hydrogen-bond acceptors (Lipinski definition) is 2. The quantitative estimate of drug-likeness (QED) is 0.852. The summed E-state index contributed by atoms with van der Waals surface area (Å²) in [5, 5.41) is 5.79. The number of amides is 2. The summed E-state index contributed by atoms with van der Waals surface area (Å²) in [6, 6.07) is 9.11. The van der Waals surface area contributed by atoms with Crippen LogP contribution in [0.2, 0.25) is 5.15 Å².